The first-order valence-electron chi connectivity index (χ1n) is 5.47. The van der Waals surface area contributed by atoms with Crippen molar-refractivity contribution in [3.8, 4) is 0 Å². The number of rotatable bonds is 0. The average molecular weight is 162 g/mol. The van der Waals surface area contributed by atoms with Crippen LogP contribution in [-0.2, 0) is 0 Å². The highest BCUT2D eigenvalue weighted by Crippen LogP contribution is 2.70. The summed E-state index contributed by atoms with van der Waals surface area (Å²) < 4.78 is 0. The third-order valence-corrected chi connectivity index (χ3v) is 5.09. The Hall–Kier alpha value is -0.260. The molecule has 66 valence electrons. The first-order chi connectivity index (χ1) is 5.79. The summed E-state index contributed by atoms with van der Waals surface area (Å²) >= 11 is 0. The Kier molecular flexibility index (Phi) is 1.18. The molecule has 3 atom stereocenters. The second-order valence-electron chi connectivity index (χ2n) is 5.22. The normalized spacial score (nSPS) is 55.9. The minimum absolute atomic E-state index is 0.674. The third-order valence-electron chi connectivity index (χ3n) is 5.09. The highest BCUT2D eigenvalue weighted by atomic mass is 14.6. The van der Waals surface area contributed by atoms with Gasteiger partial charge in [0, 0.05) is 0 Å². The molecule has 0 aliphatic heterocycles. The van der Waals surface area contributed by atoms with E-state index in [-0.39, 0.29) is 0 Å². The highest BCUT2D eigenvalue weighted by Gasteiger charge is 2.60. The summed E-state index contributed by atoms with van der Waals surface area (Å²) in [5.74, 6) is 0.971. The second kappa shape index (κ2) is 1.97. The van der Waals surface area contributed by atoms with Gasteiger partial charge in [0.2, 0.25) is 0 Å². The fourth-order valence-electron chi connectivity index (χ4n) is 4.41. The van der Waals surface area contributed by atoms with Crippen molar-refractivity contribution in [2.24, 2.45) is 16.7 Å². The SMILES string of the molecule is CC1CC[C@]23CC=C[C@@]12CCC3. The van der Waals surface area contributed by atoms with Gasteiger partial charge in [0.05, 0.1) is 0 Å². The molecule has 12 heavy (non-hydrogen) atoms. The topological polar surface area (TPSA) is 0 Å². The van der Waals surface area contributed by atoms with Crippen LogP contribution in [0.15, 0.2) is 12.2 Å². The highest BCUT2D eigenvalue weighted by molar-refractivity contribution is 5.24. The van der Waals surface area contributed by atoms with Gasteiger partial charge < -0.3 is 0 Å². The van der Waals surface area contributed by atoms with Crippen LogP contribution in [0.4, 0.5) is 0 Å². The predicted molar refractivity (Wildman–Crippen MR) is 50.9 cm³/mol. The lowest BCUT2D eigenvalue weighted by atomic mass is 9.67. The van der Waals surface area contributed by atoms with Gasteiger partial charge in [-0.1, -0.05) is 25.5 Å². The van der Waals surface area contributed by atoms with Gasteiger partial charge >= 0.3 is 0 Å². The van der Waals surface area contributed by atoms with E-state index in [0.717, 1.165) is 11.3 Å². The first-order valence-corrected chi connectivity index (χ1v) is 5.47. The fourth-order valence-corrected chi connectivity index (χ4v) is 4.41. The fraction of sp³-hybridized carbons (Fsp3) is 0.833. The van der Waals surface area contributed by atoms with E-state index in [9.17, 15) is 0 Å². The maximum Gasteiger partial charge on any atom is -0.00333 e. The van der Waals surface area contributed by atoms with Gasteiger partial charge in [-0.05, 0) is 48.9 Å². The Bertz CT molecular complexity index is 240. The molecule has 3 rings (SSSR count). The van der Waals surface area contributed by atoms with Crippen LogP contribution in [0.1, 0.15) is 45.4 Å². The van der Waals surface area contributed by atoms with E-state index in [1.807, 2.05) is 0 Å². The molecular formula is C12H18. The van der Waals surface area contributed by atoms with Crippen molar-refractivity contribution in [2.45, 2.75) is 45.4 Å². The van der Waals surface area contributed by atoms with Gasteiger partial charge in [-0.2, -0.15) is 0 Å². The first kappa shape index (κ1) is 7.17. The maximum absolute atomic E-state index is 2.58. The van der Waals surface area contributed by atoms with Crippen molar-refractivity contribution in [2.75, 3.05) is 0 Å². The minimum atomic E-state index is 0.674. The van der Waals surface area contributed by atoms with Crippen LogP contribution in [-0.4, -0.2) is 0 Å². The van der Waals surface area contributed by atoms with Crippen LogP contribution < -0.4 is 0 Å². The monoisotopic (exact) mass is 162 g/mol. The molecule has 0 radical (unpaired) electrons. The van der Waals surface area contributed by atoms with E-state index >= 15 is 0 Å². The molecule has 2 saturated carbocycles. The molecule has 1 unspecified atom stereocenters. The number of hydrogen-bond acceptors (Lipinski definition) is 0. The van der Waals surface area contributed by atoms with Gasteiger partial charge in [-0.25, -0.2) is 0 Å². The summed E-state index contributed by atoms with van der Waals surface area (Å²) in [5, 5.41) is 0. The average Bonchev–Trinajstić information content (AvgIpc) is 2.58. The van der Waals surface area contributed by atoms with Crippen LogP contribution in [0.25, 0.3) is 0 Å². The number of hydrogen-bond donors (Lipinski definition) is 0. The van der Waals surface area contributed by atoms with Crippen molar-refractivity contribution in [3.63, 3.8) is 0 Å². The summed E-state index contributed by atoms with van der Waals surface area (Å²) in [6, 6.07) is 0. The Labute approximate surface area is 75.0 Å². The zero-order valence-corrected chi connectivity index (χ0v) is 7.97. The largest absolute Gasteiger partial charge is 0.0874 e. The summed E-state index contributed by atoms with van der Waals surface area (Å²) in [5.41, 5.74) is 1.43. The van der Waals surface area contributed by atoms with Crippen LogP contribution in [0, 0.1) is 16.7 Å². The van der Waals surface area contributed by atoms with E-state index in [2.05, 4.69) is 19.1 Å². The summed E-state index contributed by atoms with van der Waals surface area (Å²) in [7, 11) is 0. The van der Waals surface area contributed by atoms with Gasteiger partial charge in [-0.15, -0.1) is 0 Å². The Morgan fingerprint density at radius 2 is 2.17 bits per heavy atom. The molecule has 0 amide bonds. The molecule has 3 aliphatic rings. The molecule has 0 aromatic rings. The summed E-state index contributed by atoms with van der Waals surface area (Å²) in [4.78, 5) is 0. The van der Waals surface area contributed by atoms with Crippen molar-refractivity contribution >= 4 is 0 Å². The summed E-state index contributed by atoms with van der Waals surface area (Å²) in [6.45, 7) is 2.47. The predicted octanol–water partition coefficient (Wildman–Crippen LogP) is 3.53. The second-order valence-corrected chi connectivity index (χ2v) is 5.22. The summed E-state index contributed by atoms with van der Waals surface area (Å²) in [6.07, 6.45) is 14.0. The van der Waals surface area contributed by atoms with E-state index in [1.54, 1.807) is 0 Å². The van der Waals surface area contributed by atoms with Crippen LogP contribution in [0.5, 0.6) is 0 Å². The molecule has 3 aliphatic carbocycles. The molecule has 2 fully saturated rings. The Morgan fingerprint density at radius 1 is 1.25 bits per heavy atom. The number of allylic oxidation sites excluding steroid dienone is 2. The van der Waals surface area contributed by atoms with Crippen molar-refractivity contribution in [1.29, 1.82) is 0 Å². The van der Waals surface area contributed by atoms with E-state index < -0.39 is 0 Å². The Morgan fingerprint density at radius 3 is 3.00 bits per heavy atom. The minimum Gasteiger partial charge on any atom is -0.0874 e. The lowest BCUT2D eigenvalue weighted by molar-refractivity contribution is 0.153. The van der Waals surface area contributed by atoms with Gasteiger partial charge in [0.1, 0.15) is 0 Å². The van der Waals surface area contributed by atoms with Gasteiger partial charge in [-0.3, -0.25) is 0 Å². The van der Waals surface area contributed by atoms with Crippen LogP contribution in [0.3, 0.4) is 0 Å². The molecule has 0 spiro atoms. The van der Waals surface area contributed by atoms with Crippen molar-refractivity contribution in [3.05, 3.63) is 12.2 Å². The molecule has 0 aromatic heterocycles. The molecular weight excluding hydrogens is 144 g/mol. The van der Waals surface area contributed by atoms with E-state index in [0.29, 0.717) is 5.41 Å². The standard InChI is InChI=1S/C12H18/c1-10-4-9-11-5-2-7-12(10,11)8-3-6-11/h2,7,10H,3-6,8-9H2,1H3/t10?,11-,12-/m1/s1. The molecule has 0 aromatic carbocycles. The van der Waals surface area contributed by atoms with Gasteiger partial charge in [0.15, 0.2) is 0 Å². The van der Waals surface area contributed by atoms with Crippen molar-refractivity contribution in [1.82, 2.24) is 0 Å². The quantitative estimate of drug-likeness (QED) is 0.478. The molecule has 0 N–H and O–H groups in total. The maximum atomic E-state index is 2.58. The zero-order valence-electron chi connectivity index (χ0n) is 7.97. The lowest BCUT2D eigenvalue weighted by Gasteiger charge is -2.36. The molecule has 0 bridgehead atoms. The molecule has 0 heterocycles. The molecule has 0 nitrogen and oxygen atoms in total. The van der Waals surface area contributed by atoms with Gasteiger partial charge in [0.25, 0.3) is 0 Å². The smallest absolute Gasteiger partial charge is 0.00333 e. The molecule has 0 saturated heterocycles. The Balaban J connectivity index is 2.12. The van der Waals surface area contributed by atoms with Crippen LogP contribution in [0.2, 0.25) is 0 Å². The van der Waals surface area contributed by atoms with E-state index in [1.165, 1.54) is 38.5 Å². The third kappa shape index (κ3) is 0.551. The van der Waals surface area contributed by atoms with Crippen LogP contribution >= 0.6 is 0 Å². The molecule has 0 heteroatoms. The lowest BCUT2D eigenvalue weighted by Crippen LogP contribution is -2.30. The van der Waals surface area contributed by atoms with E-state index in [4.69, 9.17) is 0 Å². The zero-order chi connectivity index (χ0) is 8.23. The van der Waals surface area contributed by atoms with Crippen molar-refractivity contribution < 1.29 is 0 Å².